The summed E-state index contributed by atoms with van der Waals surface area (Å²) in [6.45, 7) is 8.10. The maximum atomic E-state index is 9.45. The fourth-order valence-corrected chi connectivity index (χ4v) is 4.39. The minimum Gasteiger partial charge on any atom is -0.490 e. The lowest BCUT2D eigenvalue weighted by molar-refractivity contribution is 0.242. The first kappa shape index (κ1) is 19.3. The van der Waals surface area contributed by atoms with Gasteiger partial charge in [0.1, 0.15) is 16.8 Å². The van der Waals surface area contributed by atoms with Gasteiger partial charge in [-0.15, -0.1) is 11.3 Å². The average Bonchev–Trinajstić information content (AvgIpc) is 3.27. The molecule has 2 N–H and O–H groups in total. The van der Waals surface area contributed by atoms with Gasteiger partial charge in [0.2, 0.25) is 0 Å². The van der Waals surface area contributed by atoms with Gasteiger partial charge in [0.25, 0.3) is 0 Å². The van der Waals surface area contributed by atoms with Crippen LogP contribution in [0.25, 0.3) is 16.1 Å². The second kappa shape index (κ2) is 8.08. The van der Waals surface area contributed by atoms with Gasteiger partial charge in [0.05, 0.1) is 16.5 Å². The zero-order valence-corrected chi connectivity index (χ0v) is 17.1. The lowest BCUT2D eigenvalue weighted by atomic mass is 10.0. The van der Waals surface area contributed by atoms with Crippen molar-refractivity contribution in [3.63, 3.8) is 0 Å². The molecule has 1 aliphatic carbocycles. The topological polar surface area (TPSA) is 71.9 Å². The molecule has 0 unspecified atom stereocenters. The van der Waals surface area contributed by atoms with E-state index in [4.69, 9.17) is 10.5 Å². The van der Waals surface area contributed by atoms with Gasteiger partial charge in [-0.05, 0) is 75.5 Å². The SMILES string of the molecule is CC=C1/C(=C(\C)c2cnc(-c3ccc(OC(C)C)c(C#N)c3)s2)CC[C@@H]1N. The highest BCUT2D eigenvalue weighted by molar-refractivity contribution is 7.16. The van der Waals surface area contributed by atoms with Crippen LogP contribution in [-0.4, -0.2) is 17.1 Å². The summed E-state index contributed by atoms with van der Waals surface area (Å²) in [4.78, 5) is 5.75. The van der Waals surface area contributed by atoms with Crippen LogP contribution in [0.1, 0.15) is 51.0 Å². The summed E-state index contributed by atoms with van der Waals surface area (Å²) < 4.78 is 5.71. The number of benzene rings is 1. The molecule has 0 saturated heterocycles. The van der Waals surface area contributed by atoms with Crippen molar-refractivity contribution in [2.75, 3.05) is 0 Å². The first-order chi connectivity index (χ1) is 12.9. The number of thiazole rings is 1. The van der Waals surface area contributed by atoms with Crippen molar-refractivity contribution in [2.24, 2.45) is 5.73 Å². The lowest BCUT2D eigenvalue weighted by Gasteiger charge is -2.11. The van der Waals surface area contributed by atoms with Crippen LogP contribution in [0.5, 0.6) is 5.75 Å². The molecule has 3 rings (SSSR count). The highest BCUT2D eigenvalue weighted by Gasteiger charge is 2.24. The molecule has 1 aliphatic rings. The van der Waals surface area contributed by atoms with Crippen LogP contribution in [-0.2, 0) is 0 Å². The van der Waals surface area contributed by atoms with Crippen LogP contribution < -0.4 is 10.5 Å². The Labute approximate surface area is 165 Å². The van der Waals surface area contributed by atoms with Crippen molar-refractivity contribution in [2.45, 2.75) is 52.7 Å². The Morgan fingerprint density at radius 3 is 2.89 bits per heavy atom. The van der Waals surface area contributed by atoms with Gasteiger partial charge in [0, 0.05) is 17.8 Å². The van der Waals surface area contributed by atoms with Gasteiger partial charge < -0.3 is 10.5 Å². The number of hydrogen-bond acceptors (Lipinski definition) is 5. The summed E-state index contributed by atoms with van der Waals surface area (Å²) in [5, 5.41) is 10.4. The maximum absolute atomic E-state index is 9.45. The molecule has 1 saturated carbocycles. The number of nitrogens with two attached hydrogens (primary N) is 1. The summed E-state index contributed by atoms with van der Waals surface area (Å²) in [5.74, 6) is 0.615. The molecule has 1 atom stereocenters. The van der Waals surface area contributed by atoms with Crippen molar-refractivity contribution in [3.8, 4) is 22.4 Å². The monoisotopic (exact) mass is 379 g/mol. The van der Waals surface area contributed by atoms with Crippen LogP contribution in [0, 0.1) is 11.3 Å². The van der Waals surface area contributed by atoms with E-state index in [0.29, 0.717) is 11.3 Å². The summed E-state index contributed by atoms with van der Waals surface area (Å²) in [7, 11) is 0. The molecular formula is C22H25N3OS. The number of aromatic nitrogens is 1. The first-order valence-electron chi connectivity index (χ1n) is 9.23. The van der Waals surface area contributed by atoms with E-state index in [1.165, 1.54) is 16.7 Å². The van der Waals surface area contributed by atoms with Crippen LogP contribution in [0.4, 0.5) is 0 Å². The van der Waals surface area contributed by atoms with Crippen molar-refractivity contribution in [3.05, 3.63) is 52.1 Å². The molecule has 1 fully saturated rings. The number of allylic oxidation sites excluding steroid dienone is 2. The molecular weight excluding hydrogens is 354 g/mol. The third-order valence-corrected chi connectivity index (χ3v) is 5.97. The molecule has 140 valence electrons. The zero-order chi connectivity index (χ0) is 19.6. The van der Waals surface area contributed by atoms with Crippen molar-refractivity contribution in [1.82, 2.24) is 4.98 Å². The standard InChI is InChI=1S/C22H25N3OS/c1-5-17-18(7-8-19(17)24)14(4)21-12-25-22(27-21)15-6-9-20(26-13(2)3)16(10-15)11-23/h5-6,9-10,12-13,19H,7-8,24H2,1-4H3/b17-5?,18-14+/t19-/m0/s1. The minimum atomic E-state index is 0.0299. The number of nitriles is 1. The summed E-state index contributed by atoms with van der Waals surface area (Å²) >= 11 is 1.65. The van der Waals surface area contributed by atoms with Gasteiger partial charge in [-0.3, -0.25) is 0 Å². The molecule has 0 spiro atoms. The first-order valence-corrected chi connectivity index (χ1v) is 10.1. The van der Waals surface area contributed by atoms with Crippen molar-refractivity contribution < 1.29 is 4.74 Å². The van der Waals surface area contributed by atoms with E-state index in [-0.39, 0.29) is 12.1 Å². The van der Waals surface area contributed by atoms with Gasteiger partial charge >= 0.3 is 0 Å². The van der Waals surface area contributed by atoms with Crippen molar-refractivity contribution in [1.29, 1.82) is 5.26 Å². The van der Waals surface area contributed by atoms with E-state index in [9.17, 15) is 5.26 Å². The molecule has 0 bridgehead atoms. The summed E-state index contributed by atoms with van der Waals surface area (Å²) in [6.07, 6.45) is 6.10. The third-order valence-electron chi connectivity index (χ3n) is 4.80. The molecule has 1 aromatic heterocycles. The maximum Gasteiger partial charge on any atom is 0.137 e. The molecule has 1 aromatic carbocycles. The molecule has 2 aromatic rings. The number of ether oxygens (including phenoxy) is 1. The van der Waals surface area contributed by atoms with Gasteiger partial charge in [0.15, 0.2) is 0 Å². The second-order valence-electron chi connectivity index (χ2n) is 7.01. The molecule has 5 heteroatoms. The number of nitrogens with zero attached hydrogens (tertiary/aromatic N) is 2. The Morgan fingerprint density at radius 2 is 2.22 bits per heavy atom. The molecule has 0 radical (unpaired) electrons. The van der Waals surface area contributed by atoms with E-state index >= 15 is 0 Å². The highest BCUT2D eigenvalue weighted by atomic mass is 32.1. The second-order valence-corrected chi connectivity index (χ2v) is 8.04. The quantitative estimate of drug-likeness (QED) is 0.781. The summed E-state index contributed by atoms with van der Waals surface area (Å²) in [6, 6.07) is 8.04. The van der Waals surface area contributed by atoms with E-state index in [2.05, 4.69) is 31.0 Å². The molecule has 1 heterocycles. The Bertz CT molecular complexity index is 947. The largest absolute Gasteiger partial charge is 0.490 e. The average molecular weight is 380 g/mol. The molecule has 0 amide bonds. The fraction of sp³-hybridized carbons (Fsp3) is 0.364. The van der Waals surface area contributed by atoms with Gasteiger partial charge in [-0.2, -0.15) is 5.26 Å². The van der Waals surface area contributed by atoms with Gasteiger partial charge in [-0.1, -0.05) is 6.08 Å². The van der Waals surface area contributed by atoms with E-state index in [1.54, 1.807) is 11.3 Å². The van der Waals surface area contributed by atoms with Crippen LogP contribution in [0.3, 0.4) is 0 Å². The van der Waals surface area contributed by atoms with Crippen molar-refractivity contribution >= 4 is 16.9 Å². The molecule has 27 heavy (non-hydrogen) atoms. The minimum absolute atomic E-state index is 0.0299. The summed E-state index contributed by atoms with van der Waals surface area (Å²) in [5.41, 5.74) is 11.5. The van der Waals surface area contributed by atoms with E-state index in [0.717, 1.165) is 28.3 Å². The van der Waals surface area contributed by atoms with E-state index < -0.39 is 0 Å². The lowest BCUT2D eigenvalue weighted by Crippen LogP contribution is -2.16. The molecule has 4 nitrogen and oxygen atoms in total. The Balaban J connectivity index is 1.94. The van der Waals surface area contributed by atoms with Crippen LogP contribution in [0.15, 0.2) is 41.6 Å². The Hall–Kier alpha value is -2.42. The van der Waals surface area contributed by atoms with E-state index in [1.807, 2.05) is 38.2 Å². The predicted octanol–water partition coefficient (Wildman–Crippen LogP) is 5.31. The van der Waals surface area contributed by atoms with Crippen LogP contribution in [0.2, 0.25) is 0 Å². The van der Waals surface area contributed by atoms with Gasteiger partial charge in [-0.25, -0.2) is 4.98 Å². The molecule has 0 aliphatic heterocycles. The highest BCUT2D eigenvalue weighted by Crippen LogP contribution is 2.39. The Kier molecular flexibility index (Phi) is 5.79. The predicted molar refractivity (Wildman–Crippen MR) is 112 cm³/mol. The Morgan fingerprint density at radius 1 is 1.44 bits per heavy atom. The fourth-order valence-electron chi connectivity index (χ4n) is 3.45. The third kappa shape index (κ3) is 3.97. The van der Waals surface area contributed by atoms with Crippen LogP contribution >= 0.6 is 11.3 Å². The smallest absolute Gasteiger partial charge is 0.137 e. The normalized spacial score (nSPS) is 20.2. The zero-order valence-electron chi connectivity index (χ0n) is 16.2. The number of rotatable bonds is 4. The number of hydrogen-bond donors (Lipinski definition) is 1.